The number of halogens is 1. The van der Waals surface area contributed by atoms with Gasteiger partial charge in [0.15, 0.2) is 0 Å². The standard InChI is InChI=1S/C10H14ClN5O2/c1-14-4-6-15(7-5-14)13-10-8(16(17)18)2-3-9(11)12-10/h2-3H,4-7H2,1H3,(H,12,13). The zero-order chi connectivity index (χ0) is 13.1. The fraction of sp³-hybridized carbons (Fsp3) is 0.500. The first-order valence-electron chi connectivity index (χ1n) is 5.57. The van der Waals surface area contributed by atoms with Crippen LogP contribution in [0.4, 0.5) is 11.5 Å². The van der Waals surface area contributed by atoms with Gasteiger partial charge in [0.25, 0.3) is 0 Å². The number of pyridine rings is 1. The van der Waals surface area contributed by atoms with Crippen LogP contribution in [0.15, 0.2) is 12.1 Å². The number of nitrogens with zero attached hydrogens (tertiary/aromatic N) is 4. The molecule has 1 fully saturated rings. The molecule has 0 aromatic carbocycles. The molecule has 0 radical (unpaired) electrons. The molecular weight excluding hydrogens is 258 g/mol. The Morgan fingerprint density at radius 1 is 1.39 bits per heavy atom. The van der Waals surface area contributed by atoms with Crippen LogP contribution < -0.4 is 5.43 Å². The summed E-state index contributed by atoms with van der Waals surface area (Å²) in [6.45, 7) is 3.37. The van der Waals surface area contributed by atoms with E-state index in [-0.39, 0.29) is 16.7 Å². The topological polar surface area (TPSA) is 74.5 Å². The number of hydrogen-bond donors (Lipinski definition) is 1. The van der Waals surface area contributed by atoms with Crippen molar-refractivity contribution in [2.24, 2.45) is 0 Å². The van der Waals surface area contributed by atoms with Crippen molar-refractivity contribution in [1.82, 2.24) is 14.9 Å². The highest BCUT2D eigenvalue weighted by molar-refractivity contribution is 6.29. The number of rotatable bonds is 3. The highest BCUT2D eigenvalue weighted by Crippen LogP contribution is 2.24. The lowest BCUT2D eigenvalue weighted by Gasteiger charge is -2.32. The van der Waals surface area contributed by atoms with Crippen LogP contribution in [0.1, 0.15) is 0 Å². The number of nitrogens with one attached hydrogen (secondary N) is 1. The van der Waals surface area contributed by atoms with E-state index < -0.39 is 4.92 Å². The molecule has 1 aromatic heterocycles. The predicted octanol–water partition coefficient (Wildman–Crippen LogP) is 1.22. The third-order valence-electron chi connectivity index (χ3n) is 2.80. The van der Waals surface area contributed by atoms with Gasteiger partial charge in [-0.25, -0.2) is 9.99 Å². The van der Waals surface area contributed by atoms with Crippen molar-refractivity contribution in [2.75, 3.05) is 38.7 Å². The summed E-state index contributed by atoms with van der Waals surface area (Å²) < 4.78 is 0. The number of hydrazine groups is 1. The molecule has 1 saturated heterocycles. The van der Waals surface area contributed by atoms with E-state index >= 15 is 0 Å². The molecule has 1 aliphatic rings. The molecule has 0 atom stereocenters. The van der Waals surface area contributed by atoms with Crippen LogP contribution in [0.3, 0.4) is 0 Å². The summed E-state index contributed by atoms with van der Waals surface area (Å²) >= 11 is 5.76. The first kappa shape index (κ1) is 13.0. The summed E-state index contributed by atoms with van der Waals surface area (Å²) in [7, 11) is 2.04. The first-order chi connectivity index (χ1) is 8.56. The van der Waals surface area contributed by atoms with E-state index in [0.717, 1.165) is 26.2 Å². The van der Waals surface area contributed by atoms with Gasteiger partial charge in [0.2, 0.25) is 5.82 Å². The first-order valence-corrected chi connectivity index (χ1v) is 5.95. The normalized spacial score (nSPS) is 17.7. The van der Waals surface area contributed by atoms with Crippen molar-refractivity contribution in [3.05, 3.63) is 27.4 Å². The smallest absolute Gasteiger partial charge is 0.304 e. The van der Waals surface area contributed by atoms with E-state index in [1.165, 1.54) is 12.1 Å². The second-order valence-corrected chi connectivity index (χ2v) is 4.55. The molecule has 1 aromatic rings. The van der Waals surface area contributed by atoms with Crippen molar-refractivity contribution < 1.29 is 4.92 Å². The van der Waals surface area contributed by atoms with Gasteiger partial charge < -0.3 is 4.90 Å². The fourth-order valence-corrected chi connectivity index (χ4v) is 1.87. The maximum Gasteiger partial charge on any atom is 0.312 e. The SMILES string of the molecule is CN1CCN(Nc2nc(Cl)ccc2[N+](=O)[O-])CC1. The van der Waals surface area contributed by atoms with E-state index in [0.29, 0.717) is 0 Å². The van der Waals surface area contributed by atoms with Crippen LogP contribution in [-0.2, 0) is 0 Å². The lowest BCUT2D eigenvalue weighted by molar-refractivity contribution is -0.384. The molecule has 8 heteroatoms. The summed E-state index contributed by atoms with van der Waals surface area (Å²) in [4.78, 5) is 16.6. The molecule has 1 aliphatic heterocycles. The largest absolute Gasteiger partial charge is 0.312 e. The summed E-state index contributed by atoms with van der Waals surface area (Å²) in [5.41, 5.74) is 2.89. The van der Waals surface area contributed by atoms with Crippen molar-refractivity contribution >= 4 is 23.1 Å². The van der Waals surface area contributed by atoms with Crippen LogP contribution in [0.25, 0.3) is 0 Å². The Labute approximate surface area is 109 Å². The van der Waals surface area contributed by atoms with E-state index in [1.807, 2.05) is 12.1 Å². The molecule has 0 spiro atoms. The number of piperazine rings is 1. The molecule has 0 saturated carbocycles. The second-order valence-electron chi connectivity index (χ2n) is 4.16. The molecule has 2 heterocycles. The highest BCUT2D eigenvalue weighted by atomic mass is 35.5. The van der Waals surface area contributed by atoms with Gasteiger partial charge in [0.1, 0.15) is 5.15 Å². The average Bonchev–Trinajstić information content (AvgIpc) is 2.32. The Balaban J connectivity index is 2.12. The third-order valence-corrected chi connectivity index (χ3v) is 3.01. The molecule has 0 amide bonds. The van der Waals surface area contributed by atoms with E-state index in [2.05, 4.69) is 15.3 Å². The minimum atomic E-state index is -0.471. The summed E-state index contributed by atoms with van der Waals surface area (Å²) in [5, 5.41) is 13.0. The molecule has 2 rings (SSSR count). The summed E-state index contributed by atoms with van der Waals surface area (Å²) in [6, 6.07) is 2.77. The fourth-order valence-electron chi connectivity index (χ4n) is 1.73. The van der Waals surface area contributed by atoms with Crippen LogP contribution in [0.2, 0.25) is 5.15 Å². The Bertz CT molecular complexity index is 448. The lowest BCUT2D eigenvalue weighted by atomic mass is 10.3. The van der Waals surface area contributed by atoms with Crippen molar-refractivity contribution in [2.45, 2.75) is 0 Å². The zero-order valence-corrected chi connectivity index (χ0v) is 10.7. The summed E-state index contributed by atoms with van der Waals surface area (Å²) in [6.07, 6.45) is 0. The Kier molecular flexibility index (Phi) is 3.95. The average molecular weight is 272 g/mol. The van der Waals surface area contributed by atoms with Crippen LogP contribution in [-0.4, -0.2) is 53.0 Å². The van der Waals surface area contributed by atoms with Gasteiger partial charge in [-0.2, -0.15) is 0 Å². The van der Waals surface area contributed by atoms with Gasteiger partial charge >= 0.3 is 5.69 Å². The van der Waals surface area contributed by atoms with E-state index in [4.69, 9.17) is 11.6 Å². The van der Waals surface area contributed by atoms with Crippen molar-refractivity contribution in [3.8, 4) is 0 Å². The Hall–Kier alpha value is -1.44. The van der Waals surface area contributed by atoms with Crippen LogP contribution in [0.5, 0.6) is 0 Å². The molecule has 1 N–H and O–H groups in total. The van der Waals surface area contributed by atoms with E-state index in [9.17, 15) is 10.1 Å². The third kappa shape index (κ3) is 3.06. The molecule has 7 nitrogen and oxygen atoms in total. The predicted molar refractivity (Wildman–Crippen MR) is 68.6 cm³/mol. The minimum Gasteiger partial charge on any atom is -0.304 e. The van der Waals surface area contributed by atoms with Gasteiger partial charge in [-0.1, -0.05) is 11.6 Å². The quantitative estimate of drug-likeness (QED) is 0.506. The van der Waals surface area contributed by atoms with E-state index in [1.54, 1.807) is 0 Å². The monoisotopic (exact) mass is 271 g/mol. The van der Waals surface area contributed by atoms with Gasteiger partial charge in [-0.05, 0) is 13.1 Å². The van der Waals surface area contributed by atoms with Crippen LogP contribution in [0, 0.1) is 10.1 Å². The zero-order valence-electron chi connectivity index (χ0n) is 9.97. The number of aromatic nitrogens is 1. The maximum atomic E-state index is 10.9. The number of nitro groups is 1. The number of hydrogen-bond acceptors (Lipinski definition) is 6. The molecular formula is C10H14ClN5O2. The van der Waals surface area contributed by atoms with Crippen molar-refractivity contribution in [3.63, 3.8) is 0 Å². The summed E-state index contributed by atoms with van der Waals surface area (Å²) in [5.74, 6) is 0.192. The van der Waals surface area contributed by atoms with Gasteiger partial charge in [-0.3, -0.25) is 15.5 Å². The van der Waals surface area contributed by atoms with Gasteiger partial charge in [-0.15, -0.1) is 0 Å². The Morgan fingerprint density at radius 3 is 2.67 bits per heavy atom. The lowest BCUT2D eigenvalue weighted by Crippen LogP contribution is -2.47. The van der Waals surface area contributed by atoms with Crippen LogP contribution >= 0.6 is 11.6 Å². The number of likely N-dealkylation sites (N-methyl/N-ethyl adjacent to an activating group) is 1. The molecule has 98 valence electrons. The second kappa shape index (κ2) is 5.47. The Morgan fingerprint density at radius 2 is 2.06 bits per heavy atom. The highest BCUT2D eigenvalue weighted by Gasteiger charge is 2.20. The molecule has 0 aliphatic carbocycles. The molecule has 0 bridgehead atoms. The van der Waals surface area contributed by atoms with Crippen molar-refractivity contribution in [1.29, 1.82) is 0 Å². The maximum absolute atomic E-state index is 10.9. The number of anilines is 1. The molecule has 0 unspecified atom stereocenters. The van der Waals surface area contributed by atoms with Gasteiger partial charge in [0.05, 0.1) is 4.92 Å². The minimum absolute atomic E-state index is 0.0710. The van der Waals surface area contributed by atoms with Gasteiger partial charge in [0, 0.05) is 32.2 Å². The molecule has 18 heavy (non-hydrogen) atoms.